The number of phenolic OH excluding ortho intramolecular Hbond substituents is 1. The van der Waals surface area contributed by atoms with Crippen molar-refractivity contribution in [3.8, 4) is 11.5 Å². The molecule has 32 heavy (non-hydrogen) atoms. The minimum Gasteiger partial charge on any atom is -0.506 e. The van der Waals surface area contributed by atoms with E-state index < -0.39 is 39.9 Å². The van der Waals surface area contributed by atoms with Crippen LogP contribution in [0.5, 0.6) is 11.5 Å². The maximum Gasteiger partial charge on any atom is 0.326 e. The Hall–Kier alpha value is -3.86. The van der Waals surface area contributed by atoms with E-state index in [-0.39, 0.29) is 6.54 Å². The normalized spacial score (nSPS) is 14.8. The van der Waals surface area contributed by atoms with E-state index in [2.05, 4.69) is 10.3 Å². The van der Waals surface area contributed by atoms with Gasteiger partial charge in [-0.1, -0.05) is 30.3 Å². The minimum absolute atomic E-state index is 0.101. The van der Waals surface area contributed by atoms with Gasteiger partial charge >= 0.3 is 10.2 Å². The van der Waals surface area contributed by atoms with Gasteiger partial charge in [0.1, 0.15) is 36.2 Å². The quantitative estimate of drug-likeness (QED) is 0.497. The van der Waals surface area contributed by atoms with Crippen molar-refractivity contribution in [2.75, 3.05) is 16.2 Å². The largest absolute Gasteiger partial charge is 0.506 e. The van der Waals surface area contributed by atoms with E-state index in [0.29, 0.717) is 28.0 Å². The Morgan fingerprint density at radius 1 is 1.16 bits per heavy atom. The standard InChI is InChI=1S/C21H19FN4O5S/c22-17-8-15(9-18(27)21(17)26-12-20(28)25-32(26,29)30)11-24-19-10-16(6-7-23-19)31-13-14-4-2-1-3-5-14/h1-10,27H,11-13H2,(H,23,24)(H,25,28). The third-order valence-corrected chi connectivity index (χ3v) is 6.00. The van der Waals surface area contributed by atoms with Gasteiger partial charge in [0.05, 0.1) is 0 Å². The molecule has 2 aromatic carbocycles. The van der Waals surface area contributed by atoms with Gasteiger partial charge in [0, 0.05) is 18.8 Å². The molecule has 1 aromatic heterocycles. The smallest absolute Gasteiger partial charge is 0.326 e. The predicted molar refractivity (Wildman–Crippen MR) is 115 cm³/mol. The monoisotopic (exact) mass is 458 g/mol. The summed E-state index contributed by atoms with van der Waals surface area (Å²) in [5.74, 6) is -1.33. The van der Waals surface area contributed by atoms with E-state index in [1.807, 2.05) is 30.3 Å². The van der Waals surface area contributed by atoms with Crippen molar-refractivity contribution in [3.05, 3.63) is 77.7 Å². The molecule has 1 saturated heterocycles. The first-order valence-electron chi connectivity index (χ1n) is 9.53. The Kier molecular flexibility index (Phi) is 5.82. The van der Waals surface area contributed by atoms with Crippen LogP contribution in [0, 0.1) is 5.82 Å². The van der Waals surface area contributed by atoms with E-state index in [0.717, 1.165) is 11.6 Å². The molecule has 1 fully saturated rings. The van der Waals surface area contributed by atoms with Gasteiger partial charge in [-0.25, -0.2) is 18.4 Å². The first-order valence-corrected chi connectivity index (χ1v) is 11.0. The highest BCUT2D eigenvalue weighted by Crippen LogP contribution is 2.34. The summed E-state index contributed by atoms with van der Waals surface area (Å²) < 4.78 is 46.5. The van der Waals surface area contributed by atoms with Crippen LogP contribution in [0.2, 0.25) is 0 Å². The van der Waals surface area contributed by atoms with Gasteiger partial charge in [0.15, 0.2) is 5.82 Å². The number of halogens is 1. The van der Waals surface area contributed by atoms with Crippen LogP contribution in [0.4, 0.5) is 15.9 Å². The third-order valence-electron chi connectivity index (χ3n) is 4.63. The van der Waals surface area contributed by atoms with E-state index in [9.17, 15) is 22.7 Å². The van der Waals surface area contributed by atoms with Crippen molar-refractivity contribution in [2.24, 2.45) is 0 Å². The number of amides is 1. The summed E-state index contributed by atoms with van der Waals surface area (Å²) in [6.45, 7) is -0.116. The van der Waals surface area contributed by atoms with Crippen LogP contribution < -0.4 is 19.1 Å². The average Bonchev–Trinajstić information content (AvgIpc) is 3.03. The Labute approximate surface area is 183 Å². The van der Waals surface area contributed by atoms with E-state index in [4.69, 9.17) is 4.74 Å². The van der Waals surface area contributed by atoms with Crippen molar-refractivity contribution in [2.45, 2.75) is 13.2 Å². The number of nitrogens with zero attached hydrogens (tertiary/aromatic N) is 2. The van der Waals surface area contributed by atoms with Crippen molar-refractivity contribution in [1.29, 1.82) is 0 Å². The zero-order chi connectivity index (χ0) is 22.7. The fourth-order valence-corrected chi connectivity index (χ4v) is 4.34. The maximum atomic E-state index is 14.6. The summed E-state index contributed by atoms with van der Waals surface area (Å²) in [7, 11) is -4.24. The lowest BCUT2D eigenvalue weighted by molar-refractivity contribution is -0.117. The lowest BCUT2D eigenvalue weighted by Crippen LogP contribution is -2.30. The Bertz CT molecular complexity index is 1230. The van der Waals surface area contributed by atoms with E-state index in [1.165, 1.54) is 6.07 Å². The molecular weight excluding hydrogens is 439 g/mol. The Balaban J connectivity index is 1.44. The van der Waals surface area contributed by atoms with E-state index in [1.54, 1.807) is 23.1 Å². The van der Waals surface area contributed by atoms with Crippen LogP contribution in [0.25, 0.3) is 0 Å². The number of anilines is 2. The van der Waals surface area contributed by atoms with Crippen LogP contribution in [0.3, 0.4) is 0 Å². The summed E-state index contributed by atoms with van der Waals surface area (Å²) in [6, 6.07) is 15.4. The summed E-state index contributed by atoms with van der Waals surface area (Å²) in [5.41, 5.74) is 0.778. The number of hydrogen-bond donors (Lipinski definition) is 3. The molecule has 166 valence electrons. The number of benzene rings is 2. The second kappa shape index (κ2) is 8.71. The fraction of sp³-hybridized carbons (Fsp3) is 0.143. The van der Waals surface area contributed by atoms with Gasteiger partial charge in [-0.15, -0.1) is 0 Å². The molecular formula is C21H19FN4O5S. The summed E-state index contributed by atoms with van der Waals surface area (Å²) >= 11 is 0. The Morgan fingerprint density at radius 3 is 2.62 bits per heavy atom. The van der Waals surface area contributed by atoms with Gasteiger partial charge in [0.2, 0.25) is 0 Å². The molecule has 0 spiro atoms. The average molecular weight is 458 g/mol. The second-order valence-electron chi connectivity index (χ2n) is 6.99. The number of hydrogen-bond acceptors (Lipinski definition) is 7. The Morgan fingerprint density at radius 2 is 1.94 bits per heavy atom. The lowest BCUT2D eigenvalue weighted by atomic mass is 10.1. The van der Waals surface area contributed by atoms with Crippen LogP contribution in [-0.2, 0) is 28.2 Å². The number of carbonyl (C=O) groups is 1. The topological polar surface area (TPSA) is 121 Å². The molecule has 0 unspecified atom stereocenters. The van der Waals surface area contributed by atoms with Crippen LogP contribution in [-0.4, -0.2) is 31.0 Å². The van der Waals surface area contributed by atoms with Crippen LogP contribution in [0.15, 0.2) is 60.8 Å². The maximum absolute atomic E-state index is 14.6. The van der Waals surface area contributed by atoms with Crippen LogP contribution in [0.1, 0.15) is 11.1 Å². The van der Waals surface area contributed by atoms with Gasteiger partial charge in [0.25, 0.3) is 5.91 Å². The molecule has 2 heterocycles. The number of ether oxygens (including phenoxy) is 1. The highest BCUT2D eigenvalue weighted by atomic mass is 32.2. The predicted octanol–water partition coefficient (Wildman–Crippen LogP) is 2.30. The highest BCUT2D eigenvalue weighted by Gasteiger charge is 2.37. The molecule has 4 rings (SSSR count). The molecule has 3 N–H and O–H groups in total. The summed E-state index contributed by atoms with van der Waals surface area (Å²) in [6.07, 6.45) is 1.56. The number of aromatic nitrogens is 1. The van der Waals surface area contributed by atoms with Gasteiger partial charge in [-0.2, -0.15) is 8.42 Å². The number of aromatic hydroxyl groups is 1. The number of carbonyl (C=O) groups excluding carboxylic acids is 1. The first kappa shape index (κ1) is 21.4. The molecule has 0 radical (unpaired) electrons. The molecule has 1 aliphatic heterocycles. The lowest BCUT2D eigenvalue weighted by Gasteiger charge is -2.18. The van der Waals surface area contributed by atoms with E-state index >= 15 is 0 Å². The summed E-state index contributed by atoms with van der Waals surface area (Å²) in [4.78, 5) is 15.6. The van der Waals surface area contributed by atoms with Crippen molar-refractivity contribution < 1.29 is 27.4 Å². The van der Waals surface area contributed by atoms with Crippen molar-refractivity contribution in [3.63, 3.8) is 0 Å². The minimum atomic E-state index is -4.24. The SMILES string of the molecule is O=C1CN(c2c(O)cc(CNc3cc(OCc4ccccc4)ccn3)cc2F)S(=O)(=O)N1. The second-order valence-corrected chi connectivity index (χ2v) is 8.58. The van der Waals surface area contributed by atoms with Crippen LogP contribution >= 0.6 is 0 Å². The zero-order valence-electron chi connectivity index (χ0n) is 16.7. The first-order chi connectivity index (χ1) is 15.3. The van der Waals surface area contributed by atoms with Crippen molar-refractivity contribution in [1.82, 2.24) is 9.71 Å². The molecule has 3 aromatic rings. The molecule has 0 atom stereocenters. The molecule has 0 aliphatic carbocycles. The number of rotatable bonds is 7. The summed E-state index contributed by atoms with van der Waals surface area (Å²) in [5, 5.41) is 13.2. The van der Waals surface area contributed by atoms with Crippen molar-refractivity contribution >= 4 is 27.6 Å². The molecule has 9 nitrogen and oxygen atoms in total. The van der Waals surface area contributed by atoms with Gasteiger partial charge in [-0.05, 0) is 29.3 Å². The number of nitrogens with one attached hydrogen (secondary N) is 2. The molecule has 1 amide bonds. The zero-order valence-corrected chi connectivity index (χ0v) is 17.5. The molecule has 11 heteroatoms. The number of phenols is 1. The number of pyridine rings is 1. The highest BCUT2D eigenvalue weighted by molar-refractivity contribution is 7.92. The fourth-order valence-electron chi connectivity index (χ4n) is 3.17. The van der Waals surface area contributed by atoms with Gasteiger partial charge in [-0.3, -0.25) is 4.79 Å². The molecule has 0 bridgehead atoms. The van der Waals surface area contributed by atoms with Gasteiger partial charge < -0.3 is 15.2 Å². The molecule has 1 aliphatic rings. The third kappa shape index (κ3) is 4.72. The molecule has 0 saturated carbocycles.